The molecule has 0 aliphatic rings. The van der Waals surface area contributed by atoms with E-state index in [0.717, 1.165) is 27.6 Å². The van der Waals surface area contributed by atoms with Gasteiger partial charge in [-0.1, -0.05) is 0 Å². The van der Waals surface area contributed by atoms with E-state index in [0.29, 0.717) is 5.16 Å². The van der Waals surface area contributed by atoms with Crippen molar-refractivity contribution in [3.05, 3.63) is 17.6 Å². The molecule has 0 aromatic carbocycles. The molecule has 0 aliphatic carbocycles. The van der Waals surface area contributed by atoms with Crippen LogP contribution in [0, 0.1) is 13.8 Å². The summed E-state index contributed by atoms with van der Waals surface area (Å²) in [6.07, 6.45) is 0. The standard InChI is InChI=1S/C10H11N7S/c1-5-4-7-8(11-5)12-6(2)13-9(7)18-10-14-15-16-17(10)3/h4H,1-3H3,(H,11,12,13). The smallest absolute Gasteiger partial charge is 0.215 e. The Labute approximate surface area is 107 Å². The molecule has 92 valence electrons. The Balaban J connectivity index is 2.13. The minimum atomic E-state index is 0.702. The fourth-order valence-corrected chi connectivity index (χ4v) is 2.55. The van der Waals surface area contributed by atoms with Gasteiger partial charge in [0, 0.05) is 12.7 Å². The molecule has 0 amide bonds. The summed E-state index contributed by atoms with van der Waals surface area (Å²) >= 11 is 1.43. The van der Waals surface area contributed by atoms with Crippen molar-refractivity contribution in [2.45, 2.75) is 24.0 Å². The van der Waals surface area contributed by atoms with E-state index < -0.39 is 0 Å². The molecule has 0 atom stereocenters. The molecule has 0 saturated heterocycles. The molecule has 0 aliphatic heterocycles. The molecule has 3 aromatic rings. The SMILES string of the molecule is Cc1nc(Sc2nnnn2C)c2cc(C)[nH]c2n1. The van der Waals surface area contributed by atoms with Crippen molar-refractivity contribution in [3.63, 3.8) is 0 Å². The van der Waals surface area contributed by atoms with E-state index in [1.54, 1.807) is 11.7 Å². The van der Waals surface area contributed by atoms with Gasteiger partial charge in [0.05, 0.1) is 5.39 Å². The molecule has 8 heteroatoms. The van der Waals surface area contributed by atoms with Crippen molar-refractivity contribution in [3.8, 4) is 0 Å². The zero-order valence-electron chi connectivity index (χ0n) is 10.2. The fourth-order valence-electron chi connectivity index (χ4n) is 1.69. The molecular weight excluding hydrogens is 250 g/mol. The van der Waals surface area contributed by atoms with Gasteiger partial charge in [0.1, 0.15) is 16.5 Å². The number of H-pyrrole nitrogens is 1. The maximum Gasteiger partial charge on any atom is 0.215 e. The van der Waals surface area contributed by atoms with Gasteiger partial charge in [-0.2, -0.15) is 0 Å². The summed E-state index contributed by atoms with van der Waals surface area (Å²) in [5.41, 5.74) is 1.90. The van der Waals surface area contributed by atoms with Gasteiger partial charge in [-0.05, 0) is 42.1 Å². The molecule has 7 nitrogen and oxygen atoms in total. The van der Waals surface area contributed by atoms with E-state index in [1.807, 2.05) is 19.9 Å². The largest absolute Gasteiger partial charge is 0.343 e. The van der Waals surface area contributed by atoms with Gasteiger partial charge < -0.3 is 4.98 Å². The molecule has 0 unspecified atom stereocenters. The number of hydrogen-bond donors (Lipinski definition) is 1. The highest BCUT2D eigenvalue weighted by Crippen LogP contribution is 2.29. The lowest BCUT2D eigenvalue weighted by Crippen LogP contribution is -1.95. The quantitative estimate of drug-likeness (QED) is 0.699. The third-order valence-corrected chi connectivity index (χ3v) is 3.50. The first-order valence-corrected chi connectivity index (χ1v) is 6.19. The lowest BCUT2D eigenvalue weighted by Gasteiger charge is -2.01. The number of nitrogens with zero attached hydrogens (tertiary/aromatic N) is 6. The van der Waals surface area contributed by atoms with Gasteiger partial charge in [-0.3, -0.25) is 0 Å². The van der Waals surface area contributed by atoms with Crippen molar-refractivity contribution < 1.29 is 0 Å². The summed E-state index contributed by atoms with van der Waals surface area (Å²) < 4.78 is 1.62. The van der Waals surface area contributed by atoms with Gasteiger partial charge >= 0.3 is 0 Å². The van der Waals surface area contributed by atoms with Crippen LogP contribution in [0.15, 0.2) is 16.2 Å². The number of aromatic nitrogens is 7. The Hall–Kier alpha value is -1.96. The third-order valence-electron chi connectivity index (χ3n) is 2.47. The second kappa shape index (κ2) is 4.05. The van der Waals surface area contributed by atoms with Crippen LogP contribution >= 0.6 is 11.8 Å². The van der Waals surface area contributed by atoms with Gasteiger partial charge in [0.2, 0.25) is 5.16 Å². The summed E-state index contributed by atoms with van der Waals surface area (Å²) in [5.74, 6) is 0.724. The molecular formula is C10H11N7S. The first kappa shape index (κ1) is 11.1. The van der Waals surface area contributed by atoms with E-state index in [2.05, 4.69) is 30.5 Å². The Morgan fingerprint density at radius 1 is 1.28 bits per heavy atom. The van der Waals surface area contributed by atoms with Gasteiger partial charge in [0.15, 0.2) is 0 Å². The van der Waals surface area contributed by atoms with Crippen LogP contribution in [0.5, 0.6) is 0 Å². The zero-order valence-corrected chi connectivity index (χ0v) is 11.0. The van der Waals surface area contributed by atoms with Crippen molar-refractivity contribution >= 4 is 22.8 Å². The van der Waals surface area contributed by atoms with Crippen LogP contribution in [0.25, 0.3) is 11.0 Å². The maximum atomic E-state index is 4.45. The van der Waals surface area contributed by atoms with Crippen molar-refractivity contribution in [1.29, 1.82) is 0 Å². The van der Waals surface area contributed by atoms with E-state index in [9.17, 15) is 0 Å². The highest BCUT2D eigenvalue weighted by molar-refractivity contribution is 7.99. The Morgan fingerprint density at radius 3 is 2.83 bits per heavy atom. The number of nitrogens with one attached hydrogen (secondary N) is 1. The molecule has 0 saturated carbocycles. The molecule has 0 fully saturated rings. The van der Waals surface area contributed by atoms with E-state index in [4.69, 9.17) is 0 Å². The average Bonchev–Trinajstić information content (AvgIpc) is 2.85. The Bertz CT molecular complexity index is 714. The summed E-state index contributed by atoms with van der Waals surface area (Å²) in [7, 11) is 1.80. The van der Waals surface area contributed by atoms with E-state index in [-0.39, 0.29) is 0 Å². The highest BCUT2D eigenvalue weighted by atomic mass is 32.2. The molecule has 0 bridgehead atoms. The van der Waals surface area contributed by atoms with Crippen molar-refractivity contribution in [2.75, 3.05) is 0 Å². The number of hydrogen-bond acceptors (Lipinski definition) is 6. The Kier molecular flexibility index (Phi) is 2.51. The molecule has 3 rings (SSSR count). The zero-order chi connectivity index (χ0) is 12.7. The lowest BCUT2D eigenvalue weighted by atomic mass is 10.4. The van der Waals surface area contributed by atoms with Gasteiger partial charge in [-0.25, -0.2) is 14.6 Å². The maximum absolute atomic E-state index is 4.45. The van der Waals surface area contributed by atoms with Crippen LogP contribution in [0.2, 0.25) is 0 Å². The fraction of sp³-hybridized carbons (Fsp3) is 0.300. The first-order valence-electron chi connectivity index (χ1n) is 5.37. The van der Waals surface area contributed by atoms with E-state index >= 15 is 0 Å². The van der Waals surface area contributed by atoms with Gasteiger partial charge in [-0.15, -0.1) is 5.10 Å². The predicted octanol–water partition coefficient (Wildman–Crippen LogP) is 1.25. The van der Waals surface area contributed by atoms with Crippen LogP contribution in [0.4, 0.5) is 0 Å². The normalized spacial score (nSPS) is 11.3. The summed E-state index contributed by atoms with van der Waals surface area (Å²) in [5, 5.41) is 13.9. The molecule has 0 spiro atoms. The average molecular weight is 261 g/mol. The van der Waals surface area contributed by atoms with Crippen LogP contribution in [-0.4, -0.2) is 35.2 Å². The molecule has 18 heavy (non-hydrogen) atoms. The summed E-state index contributed by atoms with van der Waals surface area (Å²) in [4.78, 5) is 12.0. The number of aryl methyl sites for hydroxylation is 3. The van der Waals surface area contributed by atoms with Crippen LogP contribution in [-0.2, 0) is 7.05 Å². The number of rotatable bonds is 2. The molecule has 3 heterocycles. The van der Waals surface area contributed by atoms with Crippen LogP contribution in [0.1, 0.15) is 11.5 Å². The first-order chi connectivity index (χ1) is 8.63. The minimum absolute atomic E-state index is 0.702. The monoisotopic (exact) mass is 261 g/mol. The predicted molar refractivity (Wildman–Crippen MR) is 66.3 cm³/mol. The van der Waals surface area contributed by atoms with Crippen LogP contribution < -0.4 is 0 Å². The highest BCUT2D eigenvalue weighted by Gasteiger charge is 2.12. The molecule has 3 aromatic heterocycles. The molecule has 1 N–H and O–H groups in total. The van der Waals surface area contributed by atoms with Crippen molar-refractivity contribution in [1.82, 2.24) is 35.2 Å². The van der Waals surface area contributed by atoms with E-state index in [1.165, 1.54) is 11.8 Å². The lowest BCUT2D eigenvalue weighted by molar-refractivity contribution is 0.664. The third kappa shape index (κ3) is 1.84. The van der Waals surface area contributed by atoms with Crippen molar-refractivity contribution in [2.24, 2.45) is 7.05 Å². The molecule has 0 radical (unpaired) electrons. The van der Waals surface area contributed by atoms with Crippen LogP contribution in [0.3, 0.4) is 0 Å². The summed E-state index contributed by atoms with van der Waals surface area (Å²) in [6.45, 7) is 3.87. The Morgan fingerprint density at radius 2 is 2.11 bits per heavy atom. The number of tetrazole rings is 1. The summed E-state index contributed by atoms with van der Waals surface area (Å²) in [6, 6.07) is 2.03. The minimum Gasteiger partial charge on any atom is -0.343 e. The number of fused-ring (bicyclic) bond motifs is 1. The second-order valence-electron chi connectivity index (χ2n) is 3.98. The second-order valence-corrected chi connectivity index (χ2v) is 4.93. The topological polar surface area (TPSA) is 85.2 Å². The number of aromatic amines is 1. The van der Waals surface area contributed by atoms with Gasteiger partial charge in [0.25, 0.3) is 0 Å².